The van der Waals surface area contributed by atoms with Crippen molar-refractivity contribution in [2.24, 2.45) is 0 Å². The van der Waals surface area contributed by atoms with Crippen molar-refractivity contribution < 1.29 is 0 Å². The van der Waals surface area contributed by atoms with E-state index in [0.717, 1.165) is 6.54 Å². The Hall–Kier alpha value is -3.26. The number of nitrogens with zero attached hydrogens (tertiary/aromatic N) is 1. The van der Waals surface area contributed by atoms with Gasteiger partial charge in [-0.15, -0.1) is 0 Å². The van der Waals surface area contributed by atoms with Crippen molar-refractivity contribution >= 4 is 21.8 Å². The molecular weight excluding hydrogens is 328 g/mol. The maximum absolute atomic E-state index is 3.47. The Morgan fingerprint density at radius 2 is 1.48 bits per heavy atom. The van der Waals surface area contributed by atoms with Crippen LogP contribution >= 0.6 is 0 Å². The lowest BCUT2D eigenvalue weighted by Gasteiger charge is -2.17. The molecule has 3 aromatic carbocycles. The second kappa shape index (κ2) is 6.48. The van der Waals surface area contributed by atoms with Crippen molar-refractivity contribution in [2.75, 3.05) is 0 Å². The summed E-state index contributed by atoms with van der Waals surface area (Å²) in [5.41, 5.74) is 6.50. The SMILES string of the molecule is CCn1cc(C(c2ccccc2)c2c[nH]c3ccccc23)c2ccccc21. The van der Waals surface area contributed by atoms with Crippen LogP contribution in [0.3, 0.4) is 0 Å². The van der Waals surface area contributed by atoms with Gasteiger partial charge in [0.2, 0.25) is 0 Å². The second-order valence-corrected chi connectivity index (χ2v) is 7.02. The van der Waals surface area contributed by atoms with Crippen molar-refractivity contribution in [2.45, 2.75) is 19.4 Å². The lowest BCUT2D eigenvalue weighted by Crippen LogP contribution is -2.02. The molecule has 0 fully saturated rings. The zero-order chi connectivity index (χ0) is 18.2. The van der Waals surface area contributed by atoms with Crippen molar-refractivity contribution in [1.82, 2.24) is 9.55 Å². The zero-order valence-corrected chi connectivity index (χ0v) is 15.4. The lowest BCUT2D eigenvalue weighted by atomic mass is 9.85. The Balaban J connectivity index is 1.82. The van der Waals surface area contributed by atoms with Gasteiger partial charge in [-0.05, 0) is 35.7 Å². The van der Waals surface area contributed by atoms with Gasteiger partial charge in [-0.1, -0.05) is 66.7 Å². The van der Waals surface area contributed by atoms with Gasteiger partial charge in [-0.25, -0.2) is 0 Å². The molecule has 27 heavy (non-hydrogen) atoms. The average molecular weight is 350 g/mol. The van der Waals surface area contributed by atoms with Crippen LogP contribution in [0.5, 0.6) is 0 Å². The van der Waals surface area contributed by atoms with Gasteiger partial charge in [-0.3, -0.25) is 0 Å². The van der Waals surface area contributed by atoms with E-state index >= 15 is 0 Å². The first-order chi connectivity index (χ1) is 13.4. The first-order valence-corrected chi connectivity index (χ1v) is 9.55. The number of rotatable bonds is 4. The first kappa shape index (κ1) is 16.0. The summed E-state index contributed by atoms with van der Waals surface area (Å²) in [7, 11) is 0. The predicted octanol–water partition coefficient (Wildman–Crippen LogP) is 6.32. The number of hydrogen-bond donors (Lipinski definition) is 1. The zero-order valence-electron chi connectivity index (χ0n) is 15.4. The third kappa shape index (κ3) is 2.57. The minimum atomic E-state index is 0.194. The fraction of sp³-hybridized carbons (Fsp3) is 0.120. The van der Waals surface area contributed by atoms with Gasteiger partial charge >= 0.3 is 0 Å². The van der Waals surface area contributed by atoms with Crippen LogP contribution in [0.4, 0.5) is 0 Å². The largest absolute Gasteiger partial charge is 0.361 e. The lowest BCUT2D eigenvalue weighted by molar-refractivity contribution is 0.790. The molecule has 5 aromatic rings. The van der Waals surface area contributed by atoms with E-state index in [-0.39, 0.29) is 5.92 Å². The highest BCUT2D eigenvalue weighted by Gasteiger charge is 2.23. The van der Waals surface area contributed by atoms with E-state index in [4.69, 9.17) is 0 Å². The third-order valence-corrected chi connectivity index (χ3v) is 5.54. The Morgan fingerprint density at radius 3 is 2.30 bits per heavy atom. The van der Waals surface area contributed by atoms with E-state index in [2.05, 4.69) is 108 Å². The van der Waals surface area contributed by atoms with Gasteiger partial charge in [0.1, 0.15) is 0 Å². The number of fused-ring (bicyclic) bond motifs is 2. The molecule has 0 saturated heterocycles. The van der Waals surface area contributed by atoms with Crippen LogP contribution in [0.25, 0.3) is 21.8 Å². The molecular formula is C25H22N2. The van der Waals surface area contributed by atoms with E-state index < -0.39 is 0 Å². The summed E-state index contributed by atoms with van der Waals surface area (Å²) in [4.78, 5) is 3.47. The van der Waals surface area contributed by atoms with Crippen molar-refractivity contribution in [3.63, 3.8) is 0 Å². The minimum absolute atomic E-state index is 0.194. The van der Waals surface area contributed by atoms with Crippen molar-refractivity contribution in [3.05, 3.63) is 108 Å². The topological polar surface area (TPSA) is 20.7 Å². The maximum Gasteiger partial charge on any atom is 0.0483 e. The highest BCUT2D eigenvalue weighted by molar-refractivity contribution is 5.89. The van der Waals surface area contributed by atoms with E-state index in [1.54, 1.807) is 0 Å². The van der Waals surface area contributed by atoms with Crippen LogP contribution in [0.15, 0.2) is 91.3 Å². The number of para-hydroxylation sites is 2. The molecule has 132 valence electrons. The smallest absolute Gasteiger partial charge is 0.0483 e. The number of hydrogen-bond acceptors (Lipinski definition) is 0. The summed E-state index contributed by atoms with van der Waals surface area (Å²) in [6.45, 7) is 3.18. The highest BCUT2D eigenvalue weighted by Crippen LogP contribution is 2.39. The number of nitrogens with one attached hydrogen (secondary N) is 1. The minimum Gasteiger partial charge on any atom is -0.361 e. The standard InChI is InChI=1S/C25H22N2/c1-2-27-17-22(20-13-7-9-15-24(20)27)25(18-10-4-3-5-11-18)21-16-26-23-14-8-6-12-19(21)23/h3-17,25-26H,2H2,1H3. The molecule has 0 aliphatic rings. The number of aromatic nitrogens is 2. The summed E-state index contributed by atoms with van der Waals surface area (Å²) >= 11 is 0. The molecule has 2 aromatic heterocycles. The molecule has 0 amide bonds. The fourth-order valence-electron chi connectivity index (χ4n) is 4.27. The predicted molar refractivity (Wildman–Crippen MR) is 113 cm³/mol. The number of aromatic amines is 1. The molecule has 1 atom stereocenters. The molecule has 0 spiro atoms. The monoisotopic (exact) mass is 350 g/mol. The van der Waals surface area contributed by atoms with Crippen LogP contribution in [-0.4, -0.2) is 9.55 Å². The average Bonchev–Trinajstić information content (AvgIpc) is 3.32. The van der Waals surface area contributed by atoms with Crippen LogP contribution < -0.4 is 0 Å². The van der Waals surface area contributed by atoms with Gasteiger partial charge in [-0.2, -0.15) is 0 Å². The third-order valence-electron chi connectivity index (χ3n) is 5.54. The van der Waals surface area contributed by atoms with Crippen LogP contribution in [0, 0.1) is 0 Å². The van der Waals surface area contributed by atoms with Crippen LogP contribution in [0.1, 0.15) is 29.5 Å². The molecule has 0 bridgehead atoms. The molecule has 0 aliphatic heterocycles. The molecule has 0 saturated carbocycles. The van der Waals surface area contributed by atoms with E-state index in [1.807, 2.05) is 0 Å². The summed E-state index contributed by atoms with van der Waals surface area (Å²) in [5.74, 6) is 0.194. The first-order valence-electron chi connectivity index (χ1n) is 9.55. The summed E-state index contributed by atoms with van der Waals surface area (Å²) in [5, 5.41) is 2.62. The van der Waals surface area contributed by atoms with E-state index in [9.17, 15) is 0 Å². The molecule has 2 heteroatoms. The molecule has 0 aliphatic carbocycles. The second-order valence-electron chi connectivity index (χ2n) is 7.02. The maximum atomic E-state index is 3.47. The van der Waals surface area contributed by atoms with Gasteiger partial charge in [0, 0.05) is 46.7 Å². The highest BCUT2D eigenvalue weighted by atomic mass is 14.9. The van der Waals surface area contributed by atoms with Gasteiger partial charge in [0.05, 0.1) is 0 Å². The Morgan fingerprint density at radius 1 is 0.778 bits per heavy atom. The van der Waals surface area contributed by atoms with E-state index in [0.29, 0.717) is 0 Å². The fourth-order valence-corrected chi connectivity index (χ4v) is 4.27. The normalized spacial score (nSPS) is 12.6. The van der Waals surface area contributed by atoms with Gasteiger partial charge in [0.25, 0.3) is 0 Å². The molecule has 2 heterocycles. The summed E-state index contributed by atoms with van der Waals surface area (Å²) in [6, 6.07) is 28.2. The summed E-state index contributed by atoms with van der Waals surface area (Å²) < 4.78 is 2.36. The molecule has 1 N–H and O–H groups in total. The number of aryl methyl sites for hydroxylation is 1. The van der Waals surface area contributed by atoms with Crippen LogP contribution in [0.2, 0.25) is 0 Å². The van der Waals surface area contributed by atoms with Gasteiger partial charge < -0.3 is 9.55 Å². The quantitative estimate of drug-likeness (QED) is 0.391. The summed E-state index contributed by atoms with van der Waals surface area (Å²) in [6.07, 6.45) is 4.52. The Labute approximate surface area is 159 Å². The van der Waals surface area contributed by atoms with Crippen molar-refractivity contribution in [3.8, 4) is 0 Å². The van der Waals surface area contributed by atoms with Crippen molar-refractivity contribution in [1.29, 1.82) is 0 Å². The van der Waals surface area contributed by atoms with Gasteiger partial charge in [0.15, 0.2) is 0 Å². The van der Waals surface area contributed by atoms with Crippen LogP contribution in [-0.2, 0) is 6.54 Å². The van der Waals surface area contributed by atoms with E-state index in [1.165, 1.54) is 38.5 Å². The molecule has 2 nitrogen and oxygen atoms in total. The molecule has 1 unspecified atom stereocenters. The molecule has 0 radical (unpaired) electrons. The number of H-pyrrole nitrogens is 1. The number of benzene rings is 3. The Kier molecular flexibility index (Phi) is 3.83. The Bertz CT molecular complexity index is 1210. The molecule has 5 rings (SSSR count).